The van der Waals surface area contributed by atoms with E-state index in [1.165, 1.54) is 5.56 Å². The van der Waals surface area contributed by atoms with Crippen molar-refractivity contribution >= 4 is 30.6 Å². The largest absolute Gasteiger partial charge is 0.342 e. The Morgan fingerprint density at radius 1 is 1.32 bits per heavy atom. The van der Waals surface area contributed by atoms with Crippen molar-refractivity contribution in [3.8, 4) is 0 Å². The number of likely N-dealkylation sites (tertiary alicyclic amines) is 1. The van der Waals surface area contributed by atoms with E-state index in [1.807, 2.05) is 42.4 Å². The summed E-state index contributed by atoms with van der Waals surface area (Å²) in [4.78, 5) is 27.7. The summed E-state index contributed by atoms with van der Waals surface area (Å²) in [6.45, 7) is 9.59. The molecule has 5 nitrogen and oxygen atoms in total. The van der Waals surface area contributed by atoms with Crippen LogP contribution in [0, 0.1) is 5.92 Å². The Labute approximate surface area is 185 Å². The van der Waals surface area contributed by atoms with Crippen molar-refractivity contribution in [3.63, 3.8) is 0 Å². The van der Waals surface area contributed by atoms with Gasteiger partial charge in [0.25, 0.3) is 0 Å². The van der Waals surface area contributed by atoms with Gasteiger partial charge in [-0.15, -0.1) is 0 Å². The molecular formula is C26H32N4O. The number of carbonyl (C=O) groups excluding carboxylic acids is 1. The zero-order valence-electron chi connectivity index (χ0n) is 18.8. The number of benzene rings is 1. The Morgan fingerprint density at radius 2 is 2.16 bits per heavy atom. The Hall–Kier alpha value is -3.08. The van der Waals surface area contributed by atoms with E-state index in [9.17, 15) is 4.79 Å². The Kier molecular flexibility index (Phi) is 7.88. The van der Waals surface area contributed by atoms with Crippen LogP contribution in [0.5, 0.6) is 0 Å². The van der Waals surface area contributed by atoms with Crippen molar-refractivity contribution < 1.29 is 4.79 Å². The molecule has 2 aromatic rings. The summed E-state index contributed by atoms with van der Waals surface area (Å²) < 4.78 is 0. The maximum atomic E-state index is 13.0. The summed E-state index contributed by atoms with van der Waals surface area (Å²) in [6.07, 6.45) is 11.8. The molecule has 31 heavy (non-hydrogen) atoms. The average molecular weight is 417 g/mol. The van der Waals surface area contributed by atoms with Crippen LogP contribution in [0.1, 0.15) is 54.9 Å². The molecule has 1 aliphatic heterocycles. The first-order valence-corrected chi connectivity index (χ1v) is 10.9. The second kappa shape index (κ2) is 10.8. The smallest absolute Gasteiger partial charge is 0.222 e. The lowest BCUT2D eigenvalue weighted by molar-refractivity contribution is -0.133. The van der Waals surface area contributed by atoms with E-state index >= 15 is 0 Å². The van der Waals surface area contributed by atoms with Crippen LogP contribution >= 0.6 is 0 Å². The van der Waals surface area contributed by atoms with Gasteiger partial charge < -0.3 is 4.90 Å². The molecule has 5 heteroatoms. The van der Waals surface area contributed by atoms with Crippen molar-refractivity contribution in [2.24, 2.45) is 15.9 Å². The summed E-state index contributed by atoms with van der Waals surface area (Å²) in [7, 11) is 1.76. The first-order valence-electron chi connectivity index (χ1n) is 10.9. The highest BCUT2D eigenvalue weighted by Crippen LogP contribution is 2.37. The molecule has 0 spiro atoms. The minimum atomic E-state index is 0.213. The molecule has 1 aromatic heterocycles. The van der Waals surface area contributed by atoms with Gasteiger partial charge in [-0.2, -0.15) is 0 Å². The Morgan fingerprint density at radius 3 is 2.84 bits per heavy atom. The second-order valence-corrected chi connectivity index (χ2v) is 8.25. The third kappa shape index (κ3) is 5.54. The van der Waals surface area contributed by atoms with E-state index in [4.69, 9.17) is 0 Å². The molecule has 0 saturated carbocycles. The molecule has 0 N–H and O–H groups in total. The summed E-state index contributed by atoms with van der Waals surface area (Å²) in [5.74, 6) is 0.923. The summed E-state index contributed by atoms with van der Waals surface area (Å²) >= 11 is 0. The van der Waals surface area contributed by atoms with Gasteiger partial charge in [-0.05, 0) is 49.6 Å². The van der Waals surface area contributed by atoms with Gasteiger partial charge in [0.1, 0.15) is 0 Å². The highest BCUT2D eigenvalue weighted by atomic mass is 16.2. The van der Waals surface area contributed by atoms with Gasteiger partial charge in [0, 0.05) is 62.2 Å². The van der Waals surface area contributed by atoms with Gasteiger partial charge in [-0.3, -0.25) is 19.8 Å². The first-order chi connectivity index (χ1) is 15.1. The van der Waals surface area contributed by atoms with Gasteiger partial charge in [0.05, 0.1) is 5.69 Å². The number of nitrogens with zero attached hydrogens (tertiary/aromatic N) is 4. The third-order valence-corrected chi connectivity index (χ3v) is 5.84. The maximum Gasteiger partial charge on any atom is 0.222 e. The quantitative estimate of drug-likeness (QED) is 0.591. The molecule has 1 aromatic carbocycles. The number of amides is 1. The van der Waals surface area contributed by atoms with Crippen LogP contribution in [-0.4, -0.2) is 48.9 Å². The summed E-state index contributed by atoms with van der Waals surface area (Å²) in [5, 5.41) is 0. The highest BCUT2D eigenvalue weighted by Gasteiger charge is 2.30. The second-order valence-electron chi connectivity index (χ2n) is 8.25. The van der Waals surface area contributed by atoms with E-state index in [1.54, 1.807) is 13.2 Å². The van der Waals surface area contributed by atoms with Crippen molar-refractivity contribution in [2.75, 3.05) is 20.1 Å². The van der Waals surface area contributed by atoms with Crippen LogP contribution < -0.4 is 0 Å². The molecule has 3 rings (SSSR count). The van der Waals surface area contributed by atoms with Crippen LogP contribution in [0.15, 0.2) is 52.7 Å². The fourth-order valence-corrected chi connectivity index (χ4v) is 4.49. The van der Waals surface area contributed by atoms with Crippen LogP contribution in [0.3, 0.4) is 0 Å². The predicted octanol–water partition coefficient (Wildman–Crippen LogP) is 5.08. The van der Waals surface area contributed by atoms with Crippen molar-refractivity contribution in [1.82, 2.24) is 9.88 Å². The van der Waals surface area contributed by atoms with E-state index in [0.29, 0.717) is 12.3 Å². The minimum Gasteiger partial charge on any atom is -0.342 e. The first kappa shape index (κ1) is 22.6. The molecule has 2 heterocycles. The zero-order valence-corrected chi connectivity index (χ0v) is 18.8. The van der Waals surface area contributed by atoms with Gasteiger partial charge in [0.15, 0.2) is 0 Å². The van der Waals surface area contributed by atoms with Gasteiger partial charge in [0.2, 0.25) is 5.91 Å². The normalized spacial score (nSPS) is 19.3. The van der Waals surface area contributed by atoms with E-state index in [0.717, 1.165) is 48.3 Å². The molecule has 0 aliphatic carbocycles. The average Bonchev–Trinajstić information content (AvgIpc) is 2.78. The van der Waals surface area contributed by atoms with Crippen molar-refractivity contribution in [2.45, 2.75) is 39.0 Å². The number of aryl methyl sites for hydroxylation is 1. The van der Waals surface area contributed by atoms with Crippen LogP contribution in [0.4, 0.5) is 5.69 Å². The fraction of sp³-hybridized carbons (Fsp3) is 0.385. The lowest BCUT2D eigenvalue weighted by Gasteiger charge is -2.37. The zero-order chi connectivity index (χ0) is 22.2. The predicted molar refractivity (Wildman–Crippen MR) is 130 cm³/mol. The third-order valence-electron chi connectivity index (χ3n) is 5.84. The monoisotopic (exact) mass is 416 g/mol. The van der Waals surface area contributed by atoms with Gasteiger partial charge in [-0.25, -0.2) is 0 Å². The number of rotatable bonds is 7. The van der Waals surface area contributed by atoms with Crippen molar-refractivity contribution in [3.05, 3.63) is 65.0 Å². The molecule has 2 atom stereocenters. The van der Waals surface area contributed by atoms with Crippen LogP contribution in [-0.2, 0) is 11.2 Å². The van der Waals surface area contributed by atoms with Gasteiger partial charge >= 0.3 is 0 Å². The van der Waals surface area contributed by atoms with E-state index in [2.05, 4.69) is 46.8 Å². The van der Waals surface area contributed by atoms with E-state index < -0.39 is 0 Å². The Balaban J connectivity index is 1.83. The van der Waals surface area contributed by atoms with Gasteiger partial charge in [-0.1, -0.05) is 37.3 Å². The number of pyridine rings is 1. The topological polar surface area (TPSA) is 57.9 Å². The molecule has 162 valence electrons. The standard InChI is InChI=1S/C26H32N4O/c1-5-7-24-23(11-10-21(16-27-3)26(24)28-4)22-14-19(2)17-30(18-22)25(31)12-9-20-8-6-13-29-15-20/h5-8,10-11,13,15-16,19,22H,4,9,12,14,17-18H2,1-3H3/b7-5-,27-16+/t19?,22-/m1/s1. The van der Waals surface area contributed by atoms with E-state index in [-0.39, 0.29) is 11.8 Å². The number of aliphatic imine (C=N–C) groups is 2. The lowest BCUT2D eigenvalue weighted by atomic mass is 9.82. The highest BCUT2D eigenvalue weighted by molar-refractivity contribution is 5.91. The fourth-order valence-electron chi connectivity index (χ4n) is 4.49. The lowest BCUT2D eigenvalue weighted by Crippen LogP contribution is -2.42. The van der Waals surface area contributed by atoms with Crippen molar-refractivity contribution in [1.29, 1.82) is 0 Å². The number of allylic oxidation sites excluding steroid dienone is 1. The molecule has 1 aliphatic rings. The maximum absolute atomic E-state index is 13.0. The number of hydrogen-bond donors (Lipinski definition) is 0. The molecule has 1 fully saturated rings. The van der Waals surface area contributed by atoms with Crippen LogP contribution in [0.25, 0.3) is 6.08 Å². The minimum absolute atomic E-state index is 0.213. The summed E-state index contributed by atoms with van der Waals surface area (Å²) in [5.41, 5.74) is 5.22. The molecule has 1 amide bonds. The summed E-state index contributed by atoms with van der Waals surface area (Å²) in [6, 6.07) is 8.17. The Bertz CT molecular complexity index is 965. The number of piperidine rings is 1. The molecule has 1 saturated heterocycles. The molecule has 0 radical (unpaired) electrons. The number of aromatic nitrogens is 1. The number of carbonyl (C=O) groups is 1. The molecule has 1 unspecified atom stereocenters. The SMILES string of the molecule is C=Nc1c(/C=N/C)ccc([C@@H]2CC(C)CN(C(=O)CCc3cccnc3)C2)c1/C=C\C. The molecule has 0 bridgehead atoms. The molecular weight excluding hydrogens is 384 g/mol. The number of hydrogen-bond acceptors (Lipinski definition) is 4. The van der Waals surface area contributed by atoms with Crippen LogP contribution in [0.2, 0.25) is 0 Å².